The standard InChI is InChI=1S/C10H18N4O2/c1-4-16-10(15)9(11)5-8-6-14(7(2)3)13-12-8/h6-7,9H,4-5,11H2,1-3H3. The molecule has 6 heteroatoms. The minimum atomic E-state index is -0.669. The Balaban J connectivity index is 2.55. The van der Waals surface area contributed by atoms with Crippen LogP contribution in [0.4, 0.5) is 0 Å². The van der Waals surface area contributed by atoms with E-state index in [1.54, 1.807) is 17.8 Å². The van der Waals surface area contributed by atoms with Crippen molar-refractivity contribution in [1.82, 2.24) is 15.0 Å². The lowest BCUT2D eigenvalue weighted by Gasteiger charge is -2.08. The summed E-state index contributed by atoms with van der Waals surface area (Å²) in [4.78, 5) is 11.3. The van der Waals surface area contributed by atoms with Crippen molar-refractivity contribution in [3.63, 3.8) is 0 Å². The van der Waals surface area contributed by atoms with Crippen LogP contribution in [0.3, 0.4) is 0 Å². The van der Waals surface area contributed by atoms with E-state index in [9.17, 15) is 4.79 Å². The maximum absolute atomic E-state index is 11.3. The van der Waals surface area contributed by atoms with Crippen molar-refractivity contribution in [3.8, 4) is 0 Å². The Labute approximate surface area is 94.8 Å². The summed E-state index contributed by atoms with van der Waals surface area (Å²) < 4.78 is 6.54. The molecule has 0 aliphatic carbocycles. The zero-order valence-electron chi connectivity index (χ0n) is 9.88. The van der Waals surface area contributed by atoms with Crippen molar-refractivity contribution in [1.29, 1.82) is 0 Å². The van der Waals surface area contributed by atoms with Gasteiger partial charge >= 0.3 is 5.97 Å². The highest BCUT2D eigenvalue weighted by molar-refractivity contribution is 5.75. The summed E-state index contributed by atoms with van der Waals surface area (Å²) in [5, 5.41) is 7.88. The summed E-state index contributed by atoms with van der Waals surface area (Å²) >= 11 is 0. The lowest BCUT2D eigenvalue weighted by atomic mass is 10.2. The van der Waals surface area contributed by atoms with Crippen LogP contribution in [0.1, 0.15) is 32.5 Å². The smallest absolute Gasteiger partial charge is 0.323 e. The summed E-state index contributed by atoms with van der Waals surface area (Å²) in [7, 11) is 0. The normalized spacial score (nSPS) is 12.8. The third-order valence-electron chi connectivity index (χ3n) is 2.11. The van der Waals surface area contributed by atoms with Gasteiger partial charge in [-0.3, -0.25) is 4.79 Å². The first-order valence-corrected chi connectivity index (χ1v) is 5.37. The van der Waals surface area contributed by atoms with Crippen LogP contribution >= 0.6 is 0 Å². The van der Waals surface area contributed by atoms with Crippen LogP contribution in [0.25, 0.3) is 0 Å². The van der Waals surface area contributed by atoms with Gasteiger partial charge in [0.2, 0.25) is 0 Å². The molecule has 0 aliphatic rings. The summed E-state index contributed by atoms with van der Waals surface area (Å²) in [6.45, 7) is 6.10. The predicted molar refractivity (Wildman–Crippen MR) is 58.7 cm³/mol. The predicted octanol–water partition coefficient (Wildman–Crippen LogP) is 0.292. The Morgan fingerprint density at radius 2 is 2.31 bits per heavy atom. The zero-order chi connectivity index (χ0) is 12.1. The molecule has 1 heterocycles. The highest BCUT2D eigenvalue weighted by Gasteiger charge is 2.17. The fourth-order valence-corrected chi connectivity index (χ4v) is 1.22. The quantitative estimate of drug-likeness (QED) is 0.730. The van der Waals surface area contributed by atoms with Gasteiger partial charge in [0.1, 0.15) is 6.04 Å². The monoisotopic (exact) mass is 226 g/mol. The zero-order valence-corrected chi connectivity index (χ0v) is 9.88. The van der Waals surface area contributed by atoms with E-state index in [4.69, 9.17) is 10.5 Å². The molecule has 0 fully saturated rings. The minimum Gasteiger partial charge on any atom is -0.465 e. The van der Waals surface area contributed by atoms with Gasteiger partial charge in [0.25, 0.3) is 0 Å². The van der Waals surface area contributed by atoms with Gasteiger partial charge in [-0.2, -0.15) is 0 Å². The fraction of sp³-hybridized carbons (Fsp3) is 0.700. The number of hydrogen-bond acceptors (Lipinski definition) is 5. The summed E-state index contributed by atoms with van der Waals surface area (Å²) in [5.74, 6) is -0.401. The molecule has 0 saturated heterocycles. The molecule has 1 unspecified atom stereocenters. The van der Waals surface area contributed by atoms with Gasteiger partial charge in [-0.1, -0.05) is 5.21 Å². The third-order valence-corrected chi connectivity index (χ3v) is 2.11. The van der Waals surface area contributed by atoms with Crippen LogP contribution < -0.4 is 5.73 Å². The molecule has 0 bridgehead atoms. The number of carbonyl (C=O) groups is 1. The van der Waals surface area contributed by atoms with Crippen LogP contribution in [0.15, 0.2) is 6.20 Å². The minimum absolute atomic E-state index is 0.250. The lowest BCUT2D eigenvalue weighted by Crippen LogP contribution is -2.34. The topological polar surface area (TPSA) is 83.0 Å². The Hall–Kier alpha value is -1.43. The molecule has 1 rings (SSSR count). The lowest BCUT2D eigenvalue weighted by molar-refractivity contribution is -0.144. The number of nitrogens with zero attached hydrogens (tertiary/aromatic N) is 3. The van der Waals surface area contributed by atoms with Gasteiger partial charge in [-0.15, -0.1) is 5.10 Å². The molecule has 0 spiro atoms. The van der Waals surface area contributed by atoms with Crippen LogP contribution in [-0.4, -0.2) is 33.6 Å². The van der Waals surface area contributed by atoms with Gasteiger partial charge in [0.05, 0.1) is 12.3 Å². The molecule has 0 aliphatic heterocycles. The largest absolute Gasteiger partial charge is 0.465 e. The average molecular weight is 226 g/mol. The molecular weight excluding hydrogens is 208 g/mol. The van der Waals surface area contributed by atoms with E-state index >= 15 is 0 Å². The second-order valence-corrected chi connectivity index (χ2v) is 3.85. The van der Waals surface area contributed by atoms with Crippen LogP contribution in [-0.2, 0) is 16.0 Å². The summed E-state index contributed by atoms with van der Waals surface area (Å²) in [5.41, 5.74) is 6.37. The first kappa shape index (κ1) is 12.6. The van der Waals surface area contributed by atoms with Crippen molar-refractivity contribution < 1.29 is 9.53 Å². The van der Waals surface area contributed by atoms with Crippen molar-refractivity contribution in [3.05, 3.63) is 11.9 Å². The number of rotatable bonds is 5. The van der Waals surface area contributed by atoms with Crippen molar-refractivity contribution in [2.45, 2.75) is 39.3 Å². The number of hydrogen-bond donors (Lipinski definition) is 1. The van der Waals surface area contributed by atoms with E-state index in [-0.39, 0.29) is 6.04 Å². The fourth-order valence-electron chi connectivity index (χ4n) is 1.22. The van der Waals surface area contributed by atoms with E-state index < -0.39 is 12.0 Å². The number of ether oxygens (including phenoxy) is 1. The maximum Gasteiger partial charge on any atom is 0.323 e. The van der Waals surface area contributed by atoms with Crippen molar-refractivity contribution >= 4 is 5.97 Å². The molecule has 16 heavy (non-hydrogen) atoms. The Morgan fingerprint density at radius 1 is 1.62 bits per heavy atom. The number of esters is 1. The van der Waals surface area contributed by atoms with Crippen molar-refractivity contribution in [2.24, 2.45) is 5.73 Å². The molecule has 0 aromatic carbocycles. The SMILES string of the molecule is CCOC(=O)C(N)Cc1cn(C(C)C)nn1. The van der Waals surface area contributed by atoms with Gasteiger partial charge < -0.3 is 10.5 Å². The van der Waals surface area contributed by atoms with Crippen LogP contribution in [0.5, 0.6) is 0 Å². The first-order chi connectivity index (χ1) is 7.54. The number of nitrogens with two attached hydrogens (primary N) is 1. The third kappa shape index (κ3) is 3.30. The van der Waals surface area contributed by atoms with E-state index in [1.807, 2.05) is 13.8 Å². The molecule has 2 N–H and O–H groups in total. The van der Waals surface area contributed by atoms with Gasteiger partial charge in [-0.25, -0.2) is 4.68 Å². The molecule has 6 nitrogen and oxygen atoms in total. The summed E-state index contributed by atoms with van der Waals surface area (Å²) in [6, 6.07) is -0.419. The molecule has 1 aromatic heterocycles. The maximum atomic E-state index is 11.3. The van der Waals surface area contributed by atoms with Gasteiger partial charge in [-0.05, 0) is 20.8 Å². The van der Waals surface area contributed by atoms with Crippen LogP contribution in [0.2, 0.25) is 0 Å². The molecule has 0 radical (unpaired) electrons. The van der Waals surface area contributed by atoms with E-state index in [0.29, 0.717) is 18.7 Å². The molecule has 1 aromatic rings. The number of carbonyl (C=O) groups excluding carboxylic acids is 1. The Morgan fingerprint density at radius 3 is 2.81 bits per heavy atom. The first-order valence-electron chi connectivity index (χ1n) is 5.37. The van der Waals surface area contributed by atoms with E-state index in [1.165, 1.54) is 0 Å². The summed E-state index contributed by atoms with van der Waals surface area (Å²) in [6.07, 6.45) is 2.15. The van der Waals surface area contributed by atoms with Crippen molar-refractivity contribution in [2.75, 3.05) is 6.61 Å². The van der Waals surface area contributed by atoms with Crippen LogP contribution in [0, 0.1) is 0 Å². The molecule has 0 amide bonds. The van der Waals surface area contributed by atoms with Gasteiger partial charge in [0.15, 0.2) is 0 Å². The Kier molecular flexibility index (Phi) is 4.42. The van der Waals surface area contributed by atoms with E-state index in [0.717, 1.165) is 0 Å². The molecule has 0 saturated carbocycles. The second-order valence-electron chi connectivity index (χ2n) is 3.85. The highest BCUT2D eigenvalue weighted by Crippen LogP contribution is 2.04. The second kappa shape index (κ2) is 5.60. The average Bonchev–Trinajstić information content (AvgIpc) is 2.66. The van der Waals surface area contributed by atoms with Gasteiger partial charge in [0, 0.05) is 18.7 Å². The molecule has 1 atom stereocenters. The molecule has 90 valence electrons. The van der Waals surface area contributed by atoms with E-state index in [2.05, 4.69) is 10.3 Å². The molecular formula is C10H18N4O2. The number of aromatic nitrogens is 3. The highest BCUT2D eigenvalue weighted by atomic mass is 16.5. The Bertz CT molecular complexity index is 348.